The molecule has 12 heteroatoms. The van der Waals surface area contributed by atoms with Gasteiger partial charge in [0.25, 0.3) is 26.0 Å². The van der Waals surface area contributed by atoms with Crippen LogP contribution < -0.4 is 0 Å². The van der Waals surface area contributed by atoms with Crippen LogP contribution in [0.25, 0.3) is 22.0 Å². The molecule has 0 aliphatic carbocycles. The molecule has 42 heavy (non-hydrogen) atoms. The molecule has 9 nitrogen and oxygen atoms in total. The molecule has 6 rings (SSSR count). The smallest absolute Gasteiger partial charge is 0.269 e. The number of halogens is 1. The van der Waals surface area contributed by atoms with Gasteiger partial charge in [-0.25, -0.2) is 20.8 Å². The van der Waals surface area contributed by atoms with Crippen LogP contribution in [-0.2, 0) is 20.0 Å². The quantitative estimate of drug-likeness (QED) is 0.271. The molecule has 0 radical (unpaired) electrons. The molecule has 3 heterocycles. The van der Waals surface area contributed by atoms with Crippen molar-refractivity contribution < 1.29 is 21.6 Å². The summed E-state index contributed by atoms with van der Waals surface area (Å²) in [4.78, 5) is 18.8. The average Bonchev–Trinajstić information content (AvgIpc) is 3.42. The summed E-state index contributed by atoms with van der Waals surface area (Å²) in [6.07, 6.45) is 3.40. The summed E-state index contributed by atoms with van der Waals surface area (Å²) >= 11 is 6.19. The lowest BCUT2D eigenvalue weighted by molar-refractivity contribution is 0.0698. The van der Waals surface area contributed by atoms with E-state index in [4.69, 9.17) is 11.6 Å². The molecule has 214 valence electrons. The normalized spacial score (nSPS) is 14.7. The number of carbonyl (C=O) groups excluding carboxylic acids is 1. The third-order valence-corrected chi connectivity index (χ3v) is 11.2. The molecule has 1 amide bonds. The van der Waals surface area contributed by atoms with Crippen LogP contribution in [0.2, 0.25) is 5.02 Å². The maximum atomic E-state index is 14.0. The van der Waals surface area contributed by atoms with Gasteiger partial charge in [0.05, 0.1) is 10.4 Å². The lowest BCUT2D eigenvalue weighted by atomic mass is 10.0. The summed E-state index contributed by atoms with van der Waals surface area (Å²) in [6, 6.07) is 24.6. The monoisotopic (exact) mass is 620 g/mol. The summed E-state index contributed by atoms with van der Waals surface area (Å²) < 4.78 is 57.5. The Kier molecular flexibility index (Phi) is 7.36. The van der Waals surface area contributed by atoms with Gasteiger partial charge in [-0.2, -0.15) is 4.31 Å². The van der Waals surface area contributed by atoms with Gasteiger partial charge < -0.3 is 4.90 Å². The largest absolute Gasteiger partial charge is 0.336 e. The molecular weight excluding hydrogens is 596 g/mol. The molecular formula is C30H25ClN4O5S2. The van der Waals surface area contributed by atoms with Crippen molar-refractivity contribution in [2.45, 2.75) is 9.92 Å². The first-order chi connectivity index (χ1) is 20.2. The Bertz CT molecular complexity index is 1990. The Hall–Kier alpha value is -4.03. The second-order valence-corrected chi connectivity index (χ2v) is 13.9. The highest BCUT2D eigenvalue weighted by atomic mass is 35.5. The summed E-state index contributed by atoms with van der Waals surface area (Å²) in [5.74, 6) is -0.205. The predicted octanol–water partition coefficient (Wildman–Crippen LogP) is 4.74. The van der Waals surface area contributed by atoms with Crippen LogP contribution in [-0.4, -0.2) is 67.1 Å². The molecule has 0 N–H and O–H groups in total. The molecule has 2 aromatic heterocycles. The maximum absolute atomic E-state index is 14.0. The third-order valence-electron chi connectivity index (χ3n) is 7.25. The molecule has 1 saturated heterocycles. The Balaban J connectivity index is 1.26. The molecule has 3 aromatic carbocycles. The number of benzene rings is 3. The fourth-order valence-electron chi connectivity index (χ4n) is 5.05. The summed E-state index contributed by atoms with van der Waals surface area (Å²) in [7, 11) is -8.57. The third kappa shape index (κ3) is 5.09. The number of aromatic nitrogens is 2. The molecule has 0 bridgehead atoms. The van der Waals surface area contributed by atoms with Gasteiger partial charge in [0, 0.05) is 54.5 Å². The molecule has 0 unspecified atom stereocenters. The van der Waals surface area contributed by atoms with E-state index in [1.807, 2.05) is 24.3 Å². The van der Waals surface area contributed by atoms with Crippen molar-refractivity contribution in [3.63, 3.8) is 0 Å². The van der Waals surface area contributed by atoms with Gasteiger partial charge in [-0.05, 0) is 65.7 Å². The lowest BCUT2D eigenvalue weighted by Gasteiger charge is -2.34. The number of nitrogens with zero attached hydrogens (tertiary/aromatic N) is 4. The molecule has 5 aromatic rings. The number of rotatable bonds is 6. The minimum Gasteiger partial charge on any atom is -0.336 e. The van der Waals surface area contributed by atoms with Crippen molar-refractivity contribution in [1.29, 1.82) is 0 Å². The van der Waals surface area contributed by atoms with Crippen LogP contribution in [0.4, 0.5) is 0 Å². The first-order valence-electron chi connectivity index (χ1n) is 13.1. The number of pyridine rings is 1. The van der Waals surface area contributed by atoms with Crippen molar-refractivity contribution >= 4 is 48.5 Å². The Morgan fingerprint density at radius 3 is 2.02 bits per heavy atom. The minimum atomic E-state index is -4.29. The van der Waals surface area contributed by atoms with Crippen molar-refractivity contribution in [2.75, 3.05) is 26.2 Å². The first-order valence-corrected chi connectivity index (χ1v) is 16.3. The van der Waals surface area contributed by atoms with E-state index in [1.54, 1.807) is 59.8 Å². The van der Waals surface area contributed by atoms with E-state index >= 15 is 0 Å². The lowest BCUT2D eigenvalue weighted by Crippen LogP contribution is -2.50. The summed E-state index contributed by atoms with van der Waals surface area (Å²) in [6.45, 7) is 0.330. The number of piperazine rings is 1. The topological polar surface area (TPSA) is 110 Å². The van der Waals surface area contributed by atoms with Gasteiger partial charge in [-0.3, -0.25) is 9.78 Å². The van der Waals surface area contributed by atoms with Crippen molar-refractivity contribution in [1.82, 2.24) is 18.2 Å². The van der Waals surface area contributed by atoms with Crippen molar-refractivity contribution in [2.24, 2.45) is 0 Å². The second-order valence-electron chi connectivity index (χ2n) is 9.78. The number of sulfonamides is 1. The summed E-state index contributed by atoms with van der Waals surface area (Å²) in [5.41, 5.74) is 2.59. The van der Waals surface area contributed by atoms with Crippen LogP contribution >= 0.6 is 11.6 Å². The number of hydrogen-bond acceptors (Lipinski definition) is 6. The van der Waals surface area contributed by atoms with E-state index in [9.17, 15) is 21.6 Å². The van der Waals surface area contributed by atoms with E-state index in [1.165, 1.54) is 28.6 Å². The van der Waals surface area contributed by atoms with Crippen LogP contribution in [0.1, 0.15) is 10.4 Å². The standard InChI is InChI=1S/C30H25ClN4O5S2/c31-26-11-10-25-20-29(35(28(25)21-26)41(37,38)27-4-2-1-3-5-27)42(39,40)34-18-16-33(17-19-34)30(36)24-8-6-22(7-9-24)23-12-14-32-15-13-23/h1-15,20-21H,16-19H2. The van der Waals surface area contributed by atoms with Gasteiger partial charge in [0.2, 0.25) is 0 Å². The van der Waals surface area contributed by atoms with E-state index in [0.717, 1.165) is 15.1 Å². The highest BCUT2D eigenvalue weighted by molar-refractivity contribution is 7.92. The Morgan fingerprint density at radius 1 is 0.714 bits per heavy atom. The molecule has 1 aliphatic heterocycles. The molecule has 1 fully saturated rings. The highest BCUT2D eigenvalue weighted by Crippen LogP contribution is 2.32. The van der Waals surface area contributed by atoms with Crippen LogP contribution in [0.15, 0.2) is 113 Å². The fraction of sp³-hybridized carbons (Fsp3) is 0.133. The van der Waals surface area contributed by atoms with E-state index in [0.29, 0.717) is 10.9 Å². The SMILES string of the molecule is O=C(c1ccc(-c2ccncc2)cc1)N1CCN(S(=O)(=O)c2cc3ccc(Cl)cc3n2S(=O)(=O)c2ccccc2)CC1. The minimum absolute atomic E-state index is 0.0108. The number of hydrogen-bond donors (Lipinski definition) is 0. The summed E-state index contributed by atoms with van der Waals surface area (Å²) in [5, 5.41) is 0.312. The predicted molar refractivity (Wildman–Crippen MR) is 160 cm³/mol. The van der Waals surface area contributed by atoms with E-state index in [-0.39, 0.29) is 52.5 Å². The van der Waals surface area contributed by atoms with Crippen molar-refractivity contribution in [3.8, 4) is 11.1 Å². The van der Waals surface area contributed by atoms with Gasteiger partial charge in [0.15, 0.2) is 5.03 Å². The number of amides is 1. The zero-order chi connectivity index (χ0) is 29.5. The van der Waals surface area contributed by atoms with Crippen LogP contribution in [0.3, 0.4) is 0 Å². The Labute approximate surface area is 248 Å². The molecule has 0 atom stereocenters. The number of fused-ring (bicyclic) bond motifs is 1. The highest BCUT2D eigenvalue weighted by Gasteiger charge is 2.36. The molecule has 1 aliphatic rings. The van der Waals surface area contributed by atoms with E-state index < -0.39 is 20.0 Å². The second kappa shape index (κ2) is 11.0. The first kappa shape index (κ1) is 28.1. The zero-order valence-electron chi connectivity index (χ0n) is 22.2. The van der Waals surface area contributed by atoms with Crippen LogP contribution in [0.5, 0.6) is 0 Å². The molecule has 0 spiro atoms. The van der Waals surface area contributed by atoms with Gasteiger partial charge in [-0.1, -0.05) is 48.0 Å². The zero-order valence-corrected chi connectivity index (χ0v) is 24.6. The van der Waals surface area contributed by atoms with Crippen molar-refractivity contribution in [3.05, 3.63) is 114 Å². The van der Waals surface area contributed by atoms with Crippen LogP contribution in [0, 0.1) is 0 Å². The van der Waals surface area contributed by atoms with Gasteiger partial charge >= 0.3 is 0 Å². The van der Waals surface area contributed by atoms with Gasteiger partial charge in [-0.15, -0.1) is 0 Å². The van der Waals surface area contributed by atoms with E-state index in [2.05, 4.69) is 4.98 Å². The van der Waals surface area contributed by atoms with Gasteiger partial charge in [0.1, 0.15) is 0 Å². The average molecular weight is 621 g/mol. The fourth-order valence-corrected chi connectivity index (χ4v) is 8.70. The maximum Gasteiger partial charge on any atom is 0.269 e. The molecule has 0 saturated carbocycles. The number of carbonyl (C=O) groups is 1. The Morgan fingerprint density at radius 2 is 1.36 bits per heavy atom.